The van der Waals surface area contributed by atoms with Crippen molar-refractivity contribution < 1.29 is 14.4 Å². The Balaban J connectivity index is 2.12. The van der Waals surface area contributed by atoms with Gasteiger partial charge < -0.3 is 15.1 Å². The molecule has 1 fully saturated rings. The van der Waals surface area contributed by atoms with Crippen LogP contribution >= 0.6 is 0 Å². The molecule has 0 radical (unpaired) electrons. The van der Waals surface area contributed by atoms with Crippen LogP contribution in [0.1, 0.15) is 30.5 Å². The molecule has 1 aliphatic heterocycles. The zero-order valence-corrected chi connectivity index (χ0v) is 15.7. The summed E-state index contributed by atoms with van der Waals surface area (Å²) in [6.07, 6.45) is 0.794. The van der Waals surface area contributed by atoms with Crippen LogP contribution in [0.2, 0.25) is 0 Å². The smallest absolute Gasteiger partial charge is 0.239 e. The van der Waals surface area contributed by atoms with Crippen LogP contribution in [0.25, 0.3) is 0 Å². The minimum absolute atomic E-state index is 0.210. The average Bonchev–Trinajstić information content (AvgIpc) is 2.57. The fourth-order valence-electron chi connectivity index (χ4n) is 3.17. The molecule has 25 heavy (non-hydrogen) atoms. The number of benzene rings is 1. The molecular formula is C19H27N3O3. The Morgan fingerprint density at radius 2 is 1.56 bits per heavy atom. The van der Waals surface area contributed by atoms with Crippen molar-refractivity contribution in [3.8, 4) is 0 Å². The van der Waals surface area contributed by atoms with E-state index in [-0.39, 0.29) is 11.8 Å². The third-order valence-corrected chi connectivity index (χ3v) is 4.77. The molecular weight excluding hydrogens is 318 g/mol. The zero-order valence-electron chi connectivity index (χ0n) is 15.7. The fraction of sp³-hybridized carbons (Fsp3) is 0.526. The van der Waals surface area contributed by atoms with Crippen molar-refractivity contribution in [1.29, 1.82) is 0 Å². The Morgan fingerprint density at radius 3 is 2.04 bits per heavy atom. The van der Waals surface area contributed by atoms with Crippen LogP contribution in [0.4, 0.5) is 5.69 Å². The Morgan fingerprint density at radius 1 is 1.04 bits per heavy atom. The SMILES string of the molecule is Cc1cc(C)c(NC(=O)C(C)(C)C(=O)N2CCN(C=O)CC2)c(C)c1. The predicted molar refractivity (Wildman–Crippen MR) is 97.3 cm³/mol. The van der Waals surface area contributed by atoms with Crippen molar-refractivity contribution >= 4 is 23.9 Å². The van der Waals surface area contributed by atoms with Crippen molar-refractivity contribution in [2.45, 2.75) is 34.6 Å². The molecule has 1 aliphatic rings. The maximum Gasteiger partial charge on any atom is 0.239 e. The van der Waals surface area contributed by atoms with Gasteiger partial charge in [-0.25, -0.2) is 0 Å². The van der Waals surface area contributed by atoms with E-state index in [0.717, 1.165) is 28.8 Å². The van der Waals surface area contributed by atoms with Gasteiger partial charge in [0.25, 0.3) is 0 Å². The van der Waals surface area contributed by atoms with Crippen LogP contribution in [0, 0.1) is 26.2 Å². The molecule has 0 atom stereocenters. The van der Waals surface area contributed by atoms with Crippen LogP contribution in [0.3, 0.4) is 0 Å². The van der Waals surface area contributed by atoms with E-state index in [2.05, 4.69) is 5.32 Å². The molecule has 0 saturated carbocycles. The first-order valence-electron chi connectivity index (χ1n) is 8.55. The van der Waals surface area contributed by atoms with Gasteiger partial charge in [-0.3, -0.25) is 14.4 Å². The number of carbonyl (C=O) groups excluding carboxylic acids is 3. The highest BCUT2D eigenvalue weighted by atomic mass is 16.2. The number of amides is 3. The number of nitrogens with zero attached hydrogens (tertiary/aromatic N) is 2. The second kappa shape index (κ2) is 7.25. The molecule has 2 rings (SSSR count). The minimum Gasteiger partial charge on any atom is -0.342 e. The van der Waals surface area contributed by atoms with E-state index in [1.807, 2.05) is 32.9 Å². The summed E-state index contributed by atoms with van der Waals surface area (Å²) in [5.41, 5.74) is 2.69. The molecule has 0 spiro atoms. The molecule has 136 valence electrons. The monoisotopic (exact) mass is 345 g/mol. The third-order valence-electron chi connectivity index (χ3n) is 4.77. The molecule has 0 aliphatic carbocycles. The zero-order chi connectivity index (χ0) is 18.8. The predicted octanol–water partition coefficient (Wildman–Crippen LogP) is 1.88. The Bertz CT molecular complexity index is 666. The van der Waals surface area contributed by atoms with Gasteiger partial charge in [-0.05, 0) is 45.7 Å². The summed E-state index contributed by atoms with van der Waals surface area (Å²) in [6.45, 7) is 11.1. The van der Waals surface area contributed by atoms with Gasteiger partial charge in [0.05, 0.1) is 0 Å². The van der Waals surface area contributed by atoms with E-state index >= 15 is 0 Å². The van der Waals surface area contributed by atoms with Crippen molar-refractivity contribution in [1.82, 2.24) is 9.80 Å². The van der Waals surface area contributed by atoms with Gasteiger partial charge in [0.2, 0.25) is 18.2 Å². The third kappa shape index (κ3) is 4.00. The van der Waals surface area contributed by atoms with Gasteiger partial charge in [-0.2, -0.15) is 0 Å². The van der Waals surface area contributed by atoms with E-state index in [0.29, 0.717) is 26.2 Å². The summed E-state index contributed by atoms with van der Waals surface area (Å²) in [7, 11) is 0. The molecule has 1 aromatic rings. The number of hydrogen-bond donors (Lipinski definition) is 1. The Labute approximate surface area is 149 Å². The number of anilines is 1. The first-order valence-corrected chi connectivity index (χ1v) is 8.55. The van der Waals surface area contributed by atoms with Crippen molar-refractivity contribution in [3.05, 3.63) is 28.8 Å². The van der Waals surface area contributed by atoms with Crippen molar-refractivity contribution in [3.63, 3.8) is 0 Å². The van der Waals surface area contributed by atoms with Gasteiger partial charge in [-0.1, -0.05) is 17.7 Å². The molecule has 0 bridgehead atoms. The molecule has 1 aromatic carbocycles. The summed E-state index contributed by atoms with van der Waals surface area (Å²) >= 11 is 0. The molecule has 3 amide bonds. The van der Waals surface area contributed by atoms with Crippen LogP contribution < -0.4 is 5.32 Å². The van der Waals surface area contributed by atoms with Crippen LogP contribution in [0.15, 0.2) is 12.1 Å². The topological polar surface area (TPSA) is 69.7 Å². The molecule has 0 aromatic heterocycles. The Hall–Kier alpha value is -2.37. The molecule has 1 heterocycles. The van der Waals surface area contributed by atoms with E-state index in [1.54, 1.807) is 23.6 Å². The number of hydrogen-bond acceptors (Lipinski definition) is 3. The first kappa shape index (κ1) is 19.0. The van der Waals surface area contributed by atoms with Crippen LogP contribution in [-0.4, -0.2) is 54.2 Å². The summed E-state index contributed by atoms with van der Waals surface area (Å²) in [6, 6.07) is 4.02. The summed E-state index contributed by atoms with van der Waals surface area (Å²) in [4.78, 5) is 39.7. The standard InChI is InChI=1S/C19H27N3O3/c1-13-10-14(2)16(15(3)11-13)20-17(24)19(4,5)18(25)22-8-6-21(12-23)7-9-22/h10-12H,6-9H2,1-5H3,(H,20,24). The number of carbonyl (C=O) groups is 3. The van der Waals surface area contributed by atoms with Gasteiger partial charge in [0, 0.05) is 31.9 Å². The summed E-state index contributed by atoms with van der Waals surface area (Å²) in [5, 5.41) is 2.93. The van der Waals surface area contributed by atoms with E-state index in [1.165, 1.54) is 0 Å². The lowest BCUT2D eigenvalue weighted by Crippen LogP contribution is -2.54. The number of rotatable bonds is 4. The quantitative estimate of drug-likeness (QED) is 0.669. The fourth-order valence-corrected chi connectivity index (χ4v) is 3.17. The lowest BCUT2D eigenvalue weighted by molar-refractivity contribution is -0.148. The molecule has 1 N–H and O–H groups in total. The van der Waals surface area contributed by atoms with Gasteiger partial charge in [-0.15, -0.1) is 0 Å². The second-order valence-electron chi connectivity index (χ2n) is 7.29. The molecule has 6 nitrogen and oxygen atoms in total. The highest BCUT2D eigenvalue weighted by Crippen LogP contribution is 2.27. The summed E-state index contributed by atoms with van der Waals surface area (Å²) < 4.78 is 0. The first-order chi connectivity index (χ1) is 11.7. The van der Waals surface area contributed by atoms with Crippen LogP contribution in [0.5, 0.6) is 0 Å². The highest BCUT2D eigenvalue weighted by Gasteiger charge is 2.40. The van der Waals surface area contributed by atoms with E-state index < -0.39 is 5.41 Å². The Kier molecular flexibility index (Phi) is 5.50. The second-order valence-corrected chi connectivity index (χ2v) is 7.29. The molecule has 1 saturated heterocycles. The van der Waals surface area contributed by atoms with Crippen molar-refractivity contribution in [2.24, 2.45) is 5.41 Å². The maximum atomic E-state index is 12.8. The van der Waals surface area contributed by atoms with Crippen molar-refractivity contribution in [2.75, 3.05) is 31.5 Å². The van der Waals surface area contributed by atoms with Gasteiger partial charge >= 0.3 is 0 Å². The molecule has 6 heteroatoms. The number of piperazine rings is 1. The largest absolute Gasteiger partial charge is 0.342 e. The molecule has 0 unspecified atom stereocenters. The van der Waals surface area contributed by atoms with Gasteiger partial charge in [0.1, 0.15) is 5.41 Å². The minimum atomic E-state index is -1.17. The summed E-state index contributed by atoms with van der Waals surface area (Å²) in [5.74, 6) is -0.525. The van der Waals surface area contributed by atoms with E-state index in [4.69, 9.17) is 0 Å². The average molecular weight is 345 g/mol. The lowest BCUT2D eigenvalue weighted by Gasteiger charge is -2.36. The number of nitrogens with one attached hydrogen (secondary N) is 1. The number of aryl methyl sites for hydroxylation is 3. The van der Waals surface area contributed by atoms with Crippen LogP contribution in [-0.2, 0) is 14.4 Å². The van der Waals surface area contributed by atoms with E-state index in [9.17, 15) is 14.4 Å². The normalized spacial score (nSPS) is 15.1. The highest BCUT2D eigenvalue weighted by molar-refractivity contribution is 6.10. The maximum absolute atomic E-state index is 12.8. The lowest BCUT2D eigenvalue weighted by atomic mass is 9.89. The van der Waals surface area contributed by atoms with Gasteiger partial charge in [0.15, 0.2) is 0 Å².